The SMILES string of the molecule is O=C(CCCc1c[nH]c2ccccc12)OCc1csc(-c2ccsc2)n1. The molecule has 0 aliphatic carbocycles. The molecule has 132 valence electrons. The molecule has 3 aromatic heterocycles. The molecule has 0 bridgehead atoms. The number of rotatable bonds is 7. The van der Waals surface area contributed by atoms with E-state index in [9.17, 15) is 4.79 Å². The maximum atomic E-state index is 12.0. The van der Waals surface area contributed by atoms with Gasteiger partial charge in [-0.15, -0.1) is 11.3 Å². The highest BCUT2D eigenvalue weighted by Crippen LogP contribution is 2.26. The van der Waals surface area contributed by atoms with Crippen LogP contribution in [-0.4, -0.2) is 15.9 Å². The predicted octanol–water partition coefficient (Wildman–Crippen LogP) is 5.42. The number of carbonyl (C=O) groups is 1. The van der Waals surface area contributed by atoms with Gasteiger partial charge in [-0.2, -0.15) is 11.3 Å². The number of aryl methyl sites for hydroxylation is 1. The summed E-state index contributed by atoms with van der Waals surface area (Å²) < 4.78 is 5.37. The van der Waals surface area contributed by atoms with Crippen LogP contribution in [0.15, 0.2) is 52.7 Å². The molecule has 1 aromatic carbocycles. The second-order valence-electron chi connectivity index (χ2n) is 6.03. The van der Waals surface area contributed by atoms with E-state index in [2.05, 4.69) is 27.5 Å². The Bertz CT molecular complexity index is 1000. The van der Waals surface area contributed by atoms with Crippen molar-refractivity contribution in [3.05, 3.63) is 63.9 Å². The number of H-pyrrole nitrogens is 1. The topological polar surface area (TPSA) is 55.0 Å². The number of nitrogens with zero attached hydrogens (tertiary/aromatic N) is 1. The van der Waals surface area contributed by atoms with E-state index in [0.717, 1.165) is 34.6 Å². The molecule has 0 fully saturated rings. The van der Waals surface area contributed by atoms with Crippen LogP contribution in [0.3, 0.4) is 0 Å². The van der Waals surface area contributed by atoms with Crippen LogP contribution in [0.25, 0.3) is 21.5 Å². The molecule has 0 aliphatic heterocycles. The normalized spacial score (nSPS) is 11.1. The highest BCUT2D eigenvalue weighted by molar-refractivity contribution is 7.14. The first kappa shape index (κ1) is 17.0. The fourth-order valence-electron chi connectivity index (χ4n) is 2.88. The van der Waals surface area contributed by atoms with Crippen molar-refractivity contribution in [3.8, 4) is 10.6 Å². The molecule has 4 nitrogen and oxygen atoms in total. The Labute approximate surface area is 159 Å². The van der Waals surface area contributed by atoms with Crippen LogP contribution >= 0.6 is 22.7 Å². The average molecular weight is 383 g/mol. The minimum atomic E-state index is -0.171. The zero-order valence-corrected chi connectivity index (χ0v) is 15.7. The van der Waals surface area contributed by atoms with Gasteiger partial charge in [-0.05, 0) is 35.9 Å². The summed E-state index contributed by atoms with van der Waals surface area (Å²) in [6.45, 7) is 0.243. The van der Waals surface area contributed by atoms with Crippen molar-refractivity contribution in [2.75, 3.05) is 0 Å². The van der Waals surface area contributed by atoms with E-state index in [0.29, 0.717) is 6.42 Å². The molecule has 3 heterocycles. The van der Waals surface area contributed by atoms with Crippen molar-refractivity contribution < 1.29 is 9.53 Å². The lowest BCUT2D eigenvalue weighted by Gasteiger charge is -2.03. The summed E-state index contributed by atoms with van der Waals surface area (Å²) >= 11 is 3.23. The highest BCUT2D eigenvalue weighted by atomic mass is 32.1. The van der Waals surface area contributed by atoms with Gasteiger partial charge in [0.25, 0.3) is 0 Å². The Morgan fingerprint density at radius 2 is 2.12 bits per heavy atom. The summed E-state index contributed by atoms with van der Waals surface area (Å²) in [7, 11) is 0. The van der Waals surface area contributed by atoms with Crippen molar-refractivity contribution in [2.24, 2.45) is 0 Å². The van der Waals surface area contributed by atoms with Crippen molar-refractivity contribution in [3.63, 3.8) is 0 Å². The Kier molecular flexibility index (Phi) is 5.13. The Hall–Kier alpha value is -2.44. The lowest BCUT2D eigenvalue weighted by Crippen LogP contribution is -2.05. The van der Waals surface area contributed by atoms with Crippen LogP contribution < -0.4 is 0 Å². The molecule has 0 amide bonds. The number of esters is 1. The van der Waals surface area contributed by atoms with Gasteiger partial charge in [-0.3, -0.25) is 4.79 Å². The number of aromatic nitrogens is 2. The first-order chi connectivity index (χ1) is 12.8. The number of para-hydroxylation sites is 1. The molecule has 0 radical (unpaired) electrons. The number of benzene rings is 1. The maximum Gasteiger partial charge on any atom is 0.306 e. The van der Waals surface area contributed by atoms with E-state index in [1.54, 1.807) is 22.7 Å². The number of nitrogens with one attached hydrogen (secondary N) is 1. The maximum absolute atomic E-state index is 12.0. The number of fused-ring (bicyclic) bond motifs is 1. The molecule has 6 heteroatoms. The van der Waals surface area contributed by atoms with Gasteiger partial charge in [0.15, 0.2) is 0 Å². The van der Waals surface area contributed by atoms with Gasteiger partial charge in [0, 0.05) is 39.8 Å². The molecule has 0 unspecified atom stereocenters. The minimum absolute atomic E-state index is 0.171. The van der Waals surface area contributed by atoms with Crippen molar-refractivity contribution >= 4 is 39.5 Å². The number of carbonyl (C=O) groups excluding carboxylic acids is 1. The molecule has 0 aliphatic rings. The van der Waals surface area contributed by atoms with E-state index >= 15 is 0 Å². The lowest BCUT2D eigenvalue weighted by atomic mass is 10.1. The molecule has 0 saturated carbocycles. The van der Waals surface area contributed by atoms with Gasteiger partial charge in [0.05, 0.1) is 5.69 Å². The molecular weight excluding hydrogens is 364 g/mol. The van der Waals surface area contributed by atoms with Gasteiger partial charge in [-0.25, -0.2) is 4.98 Å². The molecule has 4 rings (SSSR count). The Morgan fingerprint density at radius 3 is 3.00 bits per heavy atom. The predicted molar refractivity (Wildman–Crippen MR) is 106 cm³/mol. The molecule has 0 saturated heterocycles. The molecule has 0 spiro atoms. The third-order valence-electron chi connectivity index (χ3n) is 4.20. The van der Waals surface area contributed by atoms with Gasteiger partial charge < -0.3 is 9.72 Å². The fourth-order valence-corrected chi connectivity index (χ4v) is 4.40. The second-order valence-corrected chi connectivity index (χ2v) is 7.67. The summed E-state index contributed by atoms with van der Waals surface area (Å²) in [6.07, 6.45) is 4.08. The third-order valence-corrected chi connectivity index (χ3v) is 5.83. The number of thiazole rings is 1. The van der Waals surface area contributed by atoms with E-state index in [1.165, 1.54) is 10.9 Å². The van der Waals surface area contributed by atoms with Crippen molar-refractivity contribution in [1.29, 1.82) is 0 Å². The summed E-state index contributed by atoms with van der Waals surface area (Å²) in [6, 6.07) is 10.3. The number of aromatic amines is 1. The highest BCUT2D eigenvalue weighted by Gasteiger charge is 2.09. The van der Waals surface area contributed by atoms with E-state index < -0.39 is 0 Å². The van der Waals surface area contributed by atoms with Gasteiger partial charge in [0.2, 0.25) is 0 Å². The van der Waals surface area contributed by atoms with E-state index in [-0.39, 0.29) is 12.6 Å². The molecule has 0 atom stereocenters. The zero-order chi connectivity index (χ0) is 17.8. The quantitative estimate of drug-likeness (QED) is 0.434. The average Bonchev–Trinajstić information content (AvgIpc) is 3.40. The largest absolute Gasteiger partial charge is 0.459 e. The molecule has 26 heavy (non-hydrogen) atoms. The van der Waals surface area contributed by atoms with Crippen LogP contribution in [-0.2, 0) is 22.6 Å². The number of thiophene rings is 1. The van der Waals surface area contributed by atoms with Crippen LogP contribution in [0, 0.1) is 0 Å². The van der Waals surface area contributed by atoms with E-state index in [1.807, 2.05) is 35.2 Å². The first-order valence-electron chi connectivity index (χ1n) is 8.47. The second kappa shape index (κ2) is 7.85. The van der Waals surface area contributed by atoms with Gasteiger partial charge in [0.1, 0.15) is 11.6 Å². The number of hydrogen-bond donors (Lipinski definition) is 1. The van der Waals surface area contributed by atoms with Crippen molar-refractivity contribution in [1.82, 2.24) is 9.97 Å². The standard InChI is InChI=1S/C20H18N2O2S2/c23-19(7-3-4-14-10-21-18-6-2-1-5-17(14)18)24-11-16-13-26-20(22-16)15-8-9-25-12-15/h1-2,5-6,8-10,12-13,21H,3-4,7,11H2. The van der Waals surface area contributed by atoms with Crippen LogP contribution in [0.5, 0.6) is 0 Å². The molecule has 4 aromatic rings. The van der Waals surface area contributed by atoms with Gasteiger partial charge in [-0.1, -0.05) is 18.2 Å². The summed E-state index contributed by atoms with van der Waals surface area (Å²) in [4.78, 5) is 19.8. The molecule has 1 N–H and O–H groups in total. The lowest BCUT2D eigenvalue weighted by molar-refractivity contribution is -0.145. The van der Waals surface area contributed by atoms with Crippen LogP contribution in [0.2, 0.25) is 0 Å². The van der Waals surface area contributed by atoms with Crippen LogP contribution in [0.1, 0.15) is 24.1 Å². The minimum Gasteiger partial charge on any atom is -0.459 e. The van der Waals surface area contributed by atoms with Crippen molar-refractivity contribution in [2.45, 2.75) is 25.9 Å². The van der Waals surface area contributed by atoms with E-state index in [4.69, 9.17) is 4.74 Å². The summed E-state index contributed by atoms with van der Waals surface area (Å²) in [5.41, 5.74) is 4.31. The number of hydrogen-bond acceptors (Lipinski definition) is 5. The number of ether oxygens (including phenoxy) is 1. The molecular formula is C20H18N2O2S2. The first-order valence-corrected chi connectivity index (χ1v) is 10.3. The Morgan fingerprint density at radius 1 is 1.19 bits per heavy atom. The van der Waals surface area contributed by atoms with Crippen LogP contribution in [0.4, 0.5) is 0 Å². The summed E-state index contributed by atoms with van der Waals surface area (Å²) in [5.74, 6) is -0.171. The monoisotopic (exact) mass is 382 g/mol. The summed E-state index contributed by atoms with van der Waals surface area (Å²) in [5, 5.41) is 8.25. The smallest absolute Gasteiger partial charge is 0.306 e. The van der Waals surface area contributed by atoms with Gasteiger partial charge >= 0.3 is 5.97 Å². The Balaban J connectivity index is 1.24. The zero-order valence-electron chi connectivity index (χ0n) is 14.1. The third kappa shape index (κ3) is 3.86. The fraction of sp³-hybridized carbons (Fsp3) is 0.200.